The Morgan fingerprint density at radius 3 is 2.44 bits per heavy atom. The van der Waals surface area contributed by atoms with Gasteiger partial charge in [-0.25, -0.2) is 0 Å². The molecule has 1 heterocycles. The number of para-hydroxylation sites is 1. The predicted molar refractivity (Wildman–Crippen MR) is 110 cm³/mol. The Kier molecular flexibility index (Phi) is 4.06. The maximum absolute atomic E-state index is 4.53. The van der Waals surface area contributed by atoms with E-state index in [0.29, 0.717) is 0 Å². The zero-order valence-electron chi connectivity index (χ0n) is 14.1. The fraction of sp³-hybridized carbons (Fsp3) is 0.0952. The van der Waals surface area contributed by atoms with Crippen molar-refractivity contribution in [2.75, 3.05) is 5.43 Å². The number of aromatic nitrogens is 1. The lowest BCUT2D eigenvalue weighted by Crippen LogP contribution is -1.99. The van der Waals surface area contributed by atoms with Crippen LogP contribution in [0.25, 0.3) is 21.8 Å². The van der Waals surface area contributed by atoms with Crippen LogP contribution in [0.1, 0.15) is 12.5 Å². The van der Waals surface area contributed by atoms with Gasteiger partial charge in [-0.2, -0.15) is 5.10 Å². The number of hydrogen-bond acceptors (Lipinski definition) is 2. The number of aryl methyl sites for hydroxylation is 1. The summed E-state index contributed by atoms with van der Waals surface area (Å²) in [4.78, 5) is 0. The van der Waals surface area contributed by atoms with Gasteiger partial charge in [0.05, 0.1) is 11.4 Å². The van der Waals surface area contributed by atoms with Crippen molar-refractivity contribution in [3.63, 3.8) is 0 Å². The molecule has 4 aromatic rings. The molecule has 0 atom stereocenters. The highest BCUT2D eigenvalue weighted by molar-refractivity contribution is 9.10. The lowest BCUT2D eigenvalue weighted by atomic mass is 10.1. The number of fused-ring (bicyclic) bond motifs is 3. The van der Waals surface area contributed by atoms with Crippen molar-refractivity contribution < 1.29 is 0 Å². The SMILES string of the molecule is CC(=NNc1ccc(Br)cc1)c1ccc2c(c1)c1ccccc1n2C. The molecule has 0 spiro atoms. The van der Waals surface area contributed by atoms with Gasteiger partial charge in [-0.05, 0) is 55.0 Å². The minimum atomic E-state index is 0.956. The van der Waals surface area contributed by atoms with Crippen molar-refractivity contribution in [2.24, 2.45) is 12.1 Å². The number of hydrazone groups is 1. The number of anilines is 1. The van der Waals surface area contributed by atoms with Crippen LogP contribution in [0.2, 0.25) is 0 Å². The van der Waals surface area contributed by atoms with Gasteiger partial charge in [0.1, 0.15) is 0 Å². The van der Waals surface area contributed by atoms with Gasteiger partial charge in [0.2, 0.25) is 0 Å². The van der Waals surface area contributed by atoms with Crippen LogP contribution in [0, 0.1) is 0 Å². The average molecular weight is 392 g/mol. The normalized spacial score (nSPS) is 12.0. The molecule has 0 unspecified atom stereocenters. The molecular formula is C21H18BrN3. The molecule has 0 saturated carbocycles. The molecule has 0 aliphatic carbocycles. The highest BCUT2D eigenvalue weighted by Gasteiger charge is 2.09. The Bertz CT molecular complexity index is 1090. The van der Waals surface area contributed by atoms with Gasteiger partial charge in [0.25, 0.3) is 0 Å². The Labute approximate surface area is 155 Å². The minimum absolute atomic E-state index is 0.956. The Morgan fingerprint density at radius 1 is 0.920 bits per heavy atom. The Hall–Kier alpha value is -2.59. The highest BCUT2D eigenvalue weighted by Crippen LogP contribution is 2.28. The van der Waals surface area contributed by atoms with Gasteiger partial charge < -0.3 is 4.57 Å². The molecule has 0 amide bonds. The molecule has 0 bridgehead atoms. The van der Waals surface area contributed by atoms with Crippen LogP contribution in [-0.4, -0.2) is 10.3 Å². The molecule has 25 heavy (non-hydrogen) atoms. The minimum Gasteiger partial charge on any atom is -0.344 e. The first kappa shape index (κ1) is 15.9. The first-order chi connectivity index (χ1) is 12.1. The number of halogens is 1. The van der Waals surface area contributed by atoms with Crippen molar-refractivity contribution in [1.29, 1.82) is 0 Å². The summed E-state index contributed by atoms with van der Waals surface area (Å²) in [5, 5.41) is 7.06. The monoisotopic (exact) mass is 391 g/mol. The molecule has 4 heteroatoms. The van der Waals surface area contributed by atoms with Crippen LogP contribution in [0.5, 0.6) is 0 Å². The molecule has 1 aromatic heterocycles. The molecule has 3 nitrogen and oxygen atoms in total. The fourth-order valence-corrected chi connectivity index (χ4v) is 3.39. The van der Waals surface area contributed by atoms with Crippen LogP contribution in [-0.2, 0) is 7.05 Å². The van der Waals surface area contributed by atoms with E-state index in [9.17, 15) is 0 Å². The second-order valence-electron chi connectivity index (χ2n) is 6.12. The van der Waals surface area contributed by atoms with E-state index < -0.39 is 0 Å². The van der Waals surface area contributed by atoms with Gasteiger partial charge >= 0.3 is 0 Å². The number of nitrogens with zero attached hydrogens (tertiary/aromatic N) is 2. The van der Waals surface area contributed by atoms with E-state index in [1.54, 1.807) is 0 Å². The third-order valence-corrected chi connectivity index (χ3v) is 5.06. The van der Waals surface area contributed by atoms with Crippen LogP contribution in [0.4, 0.5) is 5.69 Å². The summed E-state index contributed by atoms with van der Waals surface area (Å²) < 4.78 is 3.29. The van der Waals surface area contributed by atoms with Crippen LogP contribution < -0.4 is 5.43 Å². The summed E-state index contributed by atoms with van der Waals surface area (Å²) in [5.41, 5.74) is 8.65. The average Bonchev–Trinajstić information content (AvgIpc) is 2.93. The molecule has 0 aliphatic rings. The molecule has 1 N–H and O–H groups in total. The van der Waals surface area contributed by atoms with Crippen molar-refractivity contribution in [1.82, 2.24) is 4.57 Å². The number of rotatable bonds is 3. The molecule has 0 fully saturated rings. The molecular weight excluding hydrogens is 374 g/mol. The first-order valence-corrected chi connectivity index (χ1v) is 8.96. The maximum Gasteiger partial charge on any atom is 0.0648 e. The lowest BCUT2D eigenvalue weighted by molar-refractivity contribution is 1.01. The number of nitrogens with one attached hydrogen (secondary N) is 1. The van der Waals surface area contributed by atoms with E-state index in [0.717, 1.165) is 21.4 Å². The van der Waals surface area contributed by atoms with Crippen molar-refractivity contribution in [3.05, 3.63) is 76.8 Å². The van der Waals surface area contributed by atoms with E-state index in [1.165, 1.54) is 21.8 Å². The molecule has 3 aromatic carbocycles. The summed E-state index contributed by atoms with van der Waals surface area (Å²) in [6, 6.07) is 23.0. The van der Waals surface area contributed by atoms with Crippen molar-refractivity contribution in [2.45, 2.75) is 6.92 Å². The van der Waals surface area contributed by atoms with E-state index in [1.807, 2.05) is 31.2 Å². The molecule has 4 rings (SSSR count). The van der Waals surface area contributed by atoms with E-state index in [-0.39, 0.29) is 0 Å². The summed E-state index contributed by atoms with van der Waals surface area (Å²) in [6.07, 6.45) is 0. The van der Waals surface area contributed by atoms with Crippen molar-refractivity contribution in [3.8, 4) is 0 Å². The standard InChI is InChI=1S/C21H18BrN3/c1-14(23-24-17-10-8-16(22)9-11-17)15-7-12-21-19(13-15)18-5-3-4-6-20(18)25(21)2/h3-13,24H,1-2H3. The second-order valence-corrected chi connectivity index (χ2v) is 7.04. The largest absolute Gasteiger partial charge is 0.344 e. The summed E-state index contributed by atoms with van der Waals surface area (Å²) in [6.45, 7) is 2.03. The van der Waals surface area contributed by atoms with Gasteiger partial charge in [-0.1, -0.05) is 40.2 Å². The Morgan fingerprint density at radius 2 is 1.64 bits per heavy atom. The smallest absolute Gasteiger partial charge is 0.0648 e. The molecule has 0 aliphatic heterocycles. The third kappa shape index (κ3) is 2.94. The van der Waals surface area contributed by atoms with Gasteiger partial charge in [-0.15, -0.1) is 0 Å². The van der Waals surface area contributed by atoms with E-state index in [2.05, 4.69) is 80.5 Å². The molecule has 124 valence electrons. The molecule has 0 radical (unpaired) electrons. The summed E-state index contributed by atoms with van der Waals surface area (Å²) >= 11 is 3.44. The Balaban J connectivity index is 1.72. The first-order valence-electron chi connectivity index (χ1n) is 8.17. The van der Waals surface area contributed by atoms with Crippen molar-refractivity contribution >= 4 is 49.1 Å². The van der Waals surface area contributed by atoms with Crippen LogP contribution in [0.3, 0.4) is 0 Å². The summed E-state index contributed by atoms with van der Waals surface area (Å²) in [7, 11) is 2.11. The quantitative estimate of drug-likeness (QED) is 0.340. The zero-order chi connectivity index (χ0) is 17.4. The summed E-state index contributed by atoms with van der Waals surface area (Å²) in [5.74, 6) is 0. The zero-order valence-corrected chi connectivity index (χ0v) is 15.7. The lowest BCUT2D eigenvalue weighted by Gasteiger charge is -2.05. The number of hydrogen-bond donors (Lipinski definition) is 1. The van der Waals surface area contributed by atoms with Crippen LogP contribution >= 0.6 is 15.9 Å². The van der Waals surface area contributed by atoms with Gasteiger partial charge in [0.15, 0.2) is 0 Å². The fourth-order valence-electron chi connectivity index (χ4n) is 3.13. The second kappa shape index (κ2) is 6.37. The van der Waals surface area contributed by atoms with Gasteiger partial charge in [-0.3, -0.25) is 5.43 Å². The number of benzene rings is 3. The molecule has 0 saturated heterocycles. The predicted octanol–water partition coefficient (Wildman–Crippen LogP) is 5.93. The van der Waals surface area contributed by atoms with Crippen LogP contribution in [0.15, 0.2) is 76.3 Å². The maximum atomic E-state index is 4.53. The van der Waals surface area contributed by atoms with E-state index in [4.69, 9.17) is 0 Å². The topological polar surface area (TPSA) is 29.3 Å². The van der Waals surface area contributed by atoms with E-state index >= 15 is 0 Å². The third-order valence-electron chi connectivity index (χ3n) is 4.53. The van der Waals surface area contributed by atoms with Gasteiger partial charge in [0, 0.05) is 33.3 Å². The highest BCUT2D eigenvalue weighted by atomic mass is 79.9.